The number of hydrogen-bond acceptors (Lipinski definition) is 2. The van der Waals surface area contributed by atoms with E-state index in [1.807, 2.05) is 0 Å². The van der Waals surface area contributed by atoms with E-state index in [4.69, 9.17) is 0 Å². The van der Waals surface area contributed by atoms with E-state index in [0.29, 0.717) is 0 Å². The van der Waals surface area contributed by atoms with E-state index in [-0.39, 0.29) is 0 Å². The first kappa shape index (κ1) is 7.46. The summed E-state index contributed by atoms with van der Waals surface area (Å²) in [5.41, 5.74) is 3.85. The predicted molar refractivity (Wildman–Crippen MR) is 51.5 cm³/mol. The molecule has 0 spiro atoms. The standard InChI is InChI=1S/C8H9IN2/c1-5-6-3-2-4-7(6)11-8(9)10-5/h2-4H2,1H3. The molecule has 1 aliphatic rings. The Bertz CT molecular complexity index is 296. The summed E-state index contributed by atoms with van der Waals surface area (Å²) >= 11 is 2.18. The number of aromatic nitrogens is 2. The van der Waals surface area contributed by atoms with Gasteiger partial charge in [-0.15, -0.1) is 0 Å². The largest absolute Gasteiger partial charge is 0.228 e. The molecule has 58 valence electrons. The number of nitrogens with zero attached hydrogens (tertiary/aromatic N) is 2. The number of aryl methyl sites for hydroxylation is 2. The van der Waals surface area contributed by atoms with Gasteiger partial charge in [0.15, 0.2) is 3.83 Å². The molecule has 0 bridgehead atoms. The van der Waals surface area contributed by atoms with Gasteiger partial charge in [-0.05, 0) is 31.7 Å². The summed E-state index contributed by atoms with van der Waals surface area (Å²) in [7, 11) is 0. The van der Waals surface area contributed by atoms with E-state index in [2.05, 4.69) is 39.5 Å². The van der Waals surface area contributed by atoms with Crippen molar-refractivity contribution in [3.05, 3.63) is 20.8 Å². The number of rotatable bonds is 0. The van der Waals surface area contributed by atoms with Crippen LogP contribution in [0, 0.1) is 10.8 Å². The Morgan fingerprint density at radius 2 is 2.09 bits per heavy atom. The molecule has 0 amide bonds. The van der Waals surface area contributed by atoms with Crippen molar-refractivity contribution in [3.8, 4) is 0 Å². The van der Waals surface area contributed by atoms with E-state index in [1.54, 1.807) is 0 Å². The zero-order valence-electron chi connectivity index (χ0n) is 6.39. The van der Waals surface area contributed by atoms with Crippen LogP contribution in [0.15, 0.2) is 0 Å². The predicted octanol–water partition coefficient (Wildman–Crippen LogP) is 1.88. The highest BCUT2D eigenvalue weighted by Gasteiger charge is 2.15. The highest BCUT2D eigenvalue weighted by atomic mass is 127. The Balaban J connectivity index is 2.60. The summed E-state index contributed by atoms with van der Waals surface area (Å²) in [4.78, 5) is 8.71. The molecule has 0 saturated carbocycles. The average Bonchev–Trinajstić information content (AvgIpc) is 2.34. The first-order chi connectivity index (χ1) is 5.27. The van der Waals surface area contributed by atoms with Gasteiger partial charge in [0.05, 0.1) is 0 Å². The Kier molecular flexibility index (Phi) is 1.83. The van der Waals surface area contributed by atoms with Gasteiger partial charge < -0.3 is 0 Å². The van der Waals surface area contributed by atoms with Crippen LogP contribution >= 0.6 is 22.6 Å². The quantitative estimate of drug-likeness (QED) is 0.525. The van der Waals surface area contributed by atoms with Crippen molar-refractivity contribution in [3.63, 3.8) is 0 Å². The Labute approximate surface area is 79.6 Å². The summed E-state index contributed by atoms with van der Waals surface area (Å²) in [6, 6.07) is 0. The average molecular weight is 260 g/mol. The van der Waals surface area contributed by atoms with Crippen molar-refractivity contribution in [1.29, 1.82) is 0 Å². The number of fused-ring (bicyclic) bond motifs is 1. The second kappa shape index (κ2) is 2.69. The molecule has 0 aromatic carbocycles. The fraction of sp³-hybridized carbons (Fsp3) is 0.500. The van der Waals surface area contributed by atoms with Gasteiger partial charge in [0.25, 0.3) is 0 Å². The molecular formula is C8H9IN2. The van der Waals surface area contributed by atoms with Gasteiger partial charge >= 0.3 is 0 Å². The third-order valence-electron chi connectivity index (χ3n) is 2.11. The van der Waals surface area contributed by atoms with Gasteiger partial charge in [-0.25, -0.2) is 9.97 Å². The van der Waals surface area contributed by atoms with Crippen LogP contribution in [-0.4, -0.2) is 9.97 Å². The summed E-state index contributed by atoms with van der Waals surface area (Å²) in [5.74, 6) is 0. The van der Waals surface area contributed by atoms with Crippen molar-refractivity contribution in [2.24, 2.45) is 0 Å². The van der Waals surface area contributed by atoms with Gasteiger partial charge in [-0.2, -0.15) is 0 Å². The van der Waals surface area contributed by atoms with Crippen LogP contribution in [-0.2, 0) is 12.8 Å². The molecule has 1 aromatic heterocycles. The minimum absolute atomic E-state index is 0.890. The molecule has 0 saturated heterocycles. The monoisotopic (exact) mass is 260 g/mol. The zero-order valence-corrected chi connectivity index (χ0v) is 8.55. The van der Waals surface area contributed by atoms with E-state index in [0.717, 1.165) is 10.3 Å². The highest BCUT2D eigenvalue weighted by Crippen LogP contribution is 2.22. The Morgan fingerprint density at radius 3 is 2.91 bits per heavy atom. The molecule has 0 aliphatic heterocycles. The molecule has 0 fully saturated rings. The van der Waals surface area contributed by atoms with Crippen molar-refractivity contribution in [2.75, 3.05) is 0 Å². The van der Waals surface area contributed by atoms with Crippen LogP contribution < -0.4 is 0 Å². The first-order valence-corrected chi connectivity index (χ1v) is 4.87. The topological polar surface area (TPSA) is 25.8 Å². The maximum absolute atomic E-state index is 4.39. The zero-order chi connectivity index (χ0) is 7.84. The van der Waals surface area contributed by atoms with Crippen LogP contribution in [0.25, 0.3) is 0 Å². The van der Waals surface area contributed by atoms with Crippen LogP contribution in [0.4, 0.5) is 0 Å². The fourth-order valence-electron chi connectivity index (χ4n) is 1.58. The maximum Gasteiger partial charge on any atom is 0.191 e. The molecule has 2 rings (SSSR count). The van der Waals surface area contributed by atoms with Gasteiger partial charge in [0.2, 0.25) is 0 Å². The van der Waals surface area contributed by atoms with E-state index >= 15 is 0 Å². The molecule has 1 aliphatic carbocycles. The molecule has 11 heavy (non-hydrogen) atoms. The van der Waals surface area contributed by atoms with Crippen molar-refractivity contribution in [2.45, 2.75) is 26.2 Å². The lowest BCUT2D eigenvalue weighted by molar-refractivity contribution is 0.897. The van der Waals surface area contributed by atoms with Gasteiger partial charge in [0, 0.05) is 34.0 Å². The van der Waals surface area contributed by atoms with Crippen molar-refractivity contribution >= 4 is 22.6 Å². The fourth-order valence-corrected chi connectivity index (χ4v) is 2.24. The van der Waals surface area contributed by atoms with Crippen molar-refractivity contribution < 1.29 is 0 Å². The summed E-state index contributed by atoms with van der Waals surface area (Å²) < 4.78 is 0.890. The van der Waals surface area contributed by atoms with E-state index < -0.39 is 0 Å². The lowest BCUT2D eigenvalue weighted by Gasteiger charge is -2.01. The van der Waals surface area contributed by atoms with Crippen molar-refractivity contribution in [1.82, 2.24) is 9.97 Å². The summed E-state index contributed by atoms with van der Waals surface area (Å²) in [6.45, 7) is 2.08. The van der Waals surface area contributed by atoms with Crippen LogP contribution in [0.3, 0.4) is 0 Å². The van der Waals surface area contributed by atoms with Crippen LogP contribution in [0.5, 0.6) is 0 Å². The molecule has 0 atom stereocenters. The molecule has 3 heteroatoms. The normalized spacial score (nSPS) is 15.1. The van der Waals surface area contributed by atoms with Crippen LogP contribution in [0.2, 0.25) is 0 Å². The number of halogens is 1. The third-order valence-corrected chi connectivity index (χ3v) is 2.60. The molecule has 0 N–H and O–H groups in total. The summed E-state index contributed by atoms with van der Waals surface area (Å²) in [5, 5.41) is 0. The minimum atomic E-state index is 0.890. The maximum atomic E-state index is 4.39. The SMILES string of the molecule is Cc1nc(I)nc2c1CCC2. The summed E-state index contributed by atoms with van der Waals surface area (Å²) in [6.07, 6.45) is 3.58. The molecule has 0 unspecified atom stereocenters. The molecule has 1 aromatic rings. The Morgan fingerprint density at radius 1 is 1.27 bits per heavy atom. The van der Waals surface area contributed by atoms with Gasteiger partial charge in [-0.1, -0.05) is 0 Å². The van der Waals surface area contributed by atoms with Crippen LogP contribution in [0.1, 0.15) is 23.4 Å². The second-order valence-electron chi connectivity index (χ2n) is 2.86. The first-order valence-electron chi connectivity index (χ1n) is 3.79. The Hall–Kier alpha value is -0.190. The molecular weight excluding hydrogens is 251 g/mol. The minimum Gasteiger partial charge on any atom is -0.228 e. The van der Waals surface area contributed by atoms with Gasteiger partial charge in [-0.3, -0.25) is 0 Å². The highest BCUT2D eigenvalue weighted by molar-refractivity contribution is 14.1. The van der Waals surface area contributed by atoms with E-state index in [1.165, 1.54) is 29.8 Å². The van der Waals surface area contributed by atoms with E-state index in [9.17, 15) is 0 Å². The smallest absolute Gasteiger partial charge is 0.191 e. The molecule has 0 radical (unpaired) electrons. The van der Waals surface area contributed by atoms with Gasteiger partial charge in [0.1, 0.15) is 0 Å². The molecule has 2 nitrogen and oxygen atoms in total. The molecule has 1 heterocycles. The third kappa shape index (κ3) is 1.26. The second-order valence-corrected chi connectivity index (χ2v) is 3.82. The lowest BCUT2D eigenvalue weighted by Crippen LogP contribution is -1.98. The number of hydrogen-bond donors (Lipinski definition) is 0. The lowest BCUT2D eigenvalue weighted by atomic mass is 10.2.